The fraction of sp³-hybridized carbons (Fsp3) is 0.333. The number of carbonyl (C=O) groups excluding carboxylic acids is 4. The molecule has 2 aromatic rings. The molecule has 0 fully saturated rings. The van der Waals surface area contributed by atoms with Crippen molar-refractivity contribution in [3.05, 3.63) is 54.1 Å². The van der Waals surface area contributed by atoms with E-state index >= 15 is 0 Å². The lowest BCUT2D eigenvalue weighted by atomic mass is 10.0. The van der Waals surface area contributed by atoms with Crippen LogP contribution in [0.2, 0.25) is 0 Å². The van der Waals surface area contributed by atoms with Crippen LogP contribution in [0.15, 0.2) is 48.5 Å². The number of rotatable bonds is 12. The summed E-state index contributed by atoms with van der Waals surface area (Å²) in [7, 11) is 0. The molecule has 0 spiro atoms. The SMILES string of the molecule is C[C@@H](O)[C@H](NC(=O)c1ccc(-c2ccc(NC(=O)CNC(=O)[C@@H](N)CCCN)cc2)cc1)C(=O)NO. The van der Waals surface area contributed by atoms with Crippen LogP contribution in [0.25, 0.3) is 11.1 Å². The predicted octanol–water partition coefficient (Wildman–Crippen LogP) is -0.541. The van der Waals surface area contributed by atoms with E-state index in [4.69, 9.17) is 16.7 Å². The first kappa shape index (κ1) is 28.4. The van der Waals surface area contributed by atoms with Crippen LogP contribution in [0.3, 0.4) is 0 Å². The van der Waals surface area contributed by atoms with Gasteiger partial charge in [-0.25, -0.2) is 5.48 Å². The summed E-state index contributed by atoms with van der Waals surface area (Å²) in [5, 5.41) is 25.9. The Kier molecular flexibility index (Phi) is 11.0. The molecule has 0 aliphatic carbocycles. The Morgan fingerprint density at radius 2 is 1.53 bits per heavy atom. The lowest BCUT2D eigenvalue weighted by Crippen LogP contribution is -2.51. The molecule has 0 saturated heterocycles. The lowest BCUT2D eigenvalue weighted by molar-refractivity contribution is -0.133. The third kappa shape index (κ3) is 8.43. The molecule has 10 N–H and O–H groups in total. The molecule has 0 aliphatic rings. The number of anilines is 1. The third-order valence-corrected chi connectivity index (χ3v) is 5.29. The molecule has 194 valence electrons. The molecule has 4 amide bonds. The molecule has 36 heavy (non-hydrogen) atoms. The molecule has 0 bridgehead atoms. The number of nitrogens with two attached hydrogens (primary N) is 2. The van der Waals surface area contributed by atoms with Gasteiger partial charge in [-0.1, -0.05) is 24.3 Å². The van der Waals surface area contributed by atoms with E-state index in [0.717, 1.165) is 11.1 Å². The Morgan fingerprint density at radius 3 is 2.06 bits per heavy atom. The summed E-state index contributed by atoms with van der Waals surface area (Å²) in [6.45, 7) is 1.54. The molecule has 0 heterocycles. The average Bonchev–Trinajstić information content (AvgIpc) is 2.88. The van der Waals surface area contributed by atoms with Crippen molar-refractivity contribution in [1.82, 2.24) is 16.1 Å². The van der Waals surface area contributed by atoms with Crippen molar-refractivity contribution in [3.63, 3.8) is 0 Å². The standard InChI is InChI=1S/C24H32N6O6/c1-14(31)21(24(35)30-36)29-22(33)17-6-4-15(5-7-17)16-8-10-18(11-9-16)28-20(32)13-27-23(34)19(26)3-2-12-25/h4-11,14,19,21,31,36H,2-3,12-13,25-26H2,1H3,(H,27,34)(H,28,32)(H,29,33)(H,30,35)/t14-,19+,21+/m1/s1. The van der Waals surface area contributed by atoms with Crippen molar-refractivity contribution >= 4 is 29.3 Å². The van der Waals surface area contributed by atoms with E-state index in [1.165, 1.54) is 12.4 Å². The van der Waals surface area contributed by atoms with Gasteiger partial charge in [0.25, 0.3) is 11.8 Å². The van der Waals surface area contributed by atoms with Crippen LogP contribution in [0.5, 0.6) is 0 Å². The number of aliphatic hydroxyl groups excluding tert-OH is 1. The third-order valence-electron chi connectivity index (χ3n) is 5.29. The van der Waals surface area contributed by atoms with E-state index in [2.05, 4.69) is 16.0 Å². The van der Waals surface area contributed by atoms with Crippen molar-refractivity contribution in [3.8, 4) is 11.1 Å². The lowest BCUT2D eigenvalue weighted by Gasteiger charge is -2.19. The quantitative estimate of drug-likeness (QED) is 0.140. The van der Waals surface area contributed by atoms with Gasteiger partial charge in [0.2, 0.25) is 11.8 Å². The number of aliphatic hydroxyl groups is 1. The van der Waals surface area contributed by atoms with Crippen LogP contribution in [0, 0.1) is 0 Å². The van der Waals surface area contributed by atoms with E-state index in [1.54, 1.807) is 48.5 Å². The van der Waals surface area contributed by atoms with Crippen molar-refractivity contribution in [2.75, 3.05) is 18.4 Å². The van der Waals surface area contributed by atoms with E-state index in [0.29, 0.717) is 25.1 Å². The molecule has 0 saturated carbocycles. The zero-order chi connectivity index (χ0) is 26.7. The molecule has 12 nitrogen and oxygen atoms in total. The summed E-state index contributed by atoms with van der Waals surface area (Å²) in [5.41, 5.74) is 14.9. The molecule has 3 atom stereocenters. The first-order chi connectivity index (χ1) is 17.2. The van der Waals surface area contributed by atoms with Crippen LogP contribution in [-0.4, -0.2) is 65.2 Å². The van der Waals surface area contributed by atoms with Gasteiger partial charge in [-0.2, -0.15) is 0 Å². The largest absolute Gasteiger partial charge is 0.391 e. The van der Waals surface area contributed by atoms with Crippen molar-refractivity contribution in [2.45, 2.75) is 38.0 Å². The van der Waals surface area contributed by atoms with E-state index in [-0.39, 0.29) is 12.1 Å². The zero-order valence-corrected chi connectivity index (χ0v) is 19.9. The normalized spacial score (nSPS) is 13.1. The van der Waals surface area contributed by atoms with Crippen molar-refractivity contribution < 1.29 is 29.5 Å². The highest BCUT2D eigenvalue weighted by Crippen LogP contribution is 2.22. The average molecular weight is 501 g/mol. The number of nitrogens with one attached hydrogen (secondary N) is 4. The second kappa shape index (κ2) is 13.9. The molecular weight excluding hydrogens is 468 g/mol. The molecule has 12 heteroatoms. The Balaban J connectivity index is 1.93. The Hall–Kier alpha value is -3.84. The van der Waals surface area contributed by atoms with E-state index in [1.807, 2.05) is 0 Å². The number of benzene rings is 2. The van der Waals surface area contributed by atoms with Crippen LogP contribution in [-0.2, 0) is 14.4 Å². The fourth-order valence-electron chi connectivity index (χ4n) is 3.23. The Bertz CT molecular complexity index is 1040. The molecule has 0 radical (unpaired) electrons. The topological polar surface area (TPSA) is 209 Å². The maximum Gasteiger partial charge on any atom is 0.268 e. The number of hydrogen-bond donors (Lipinski definition) is 8. The van der Waals surface area contributed by atoms with Crippen LogP contribution in [0.4, 0.5) is 5.69 Å². The van der Waals surface area contributed by atoms with Gasteiger partial charge in [0.1, 0.15) is 6.04 Å². The molecule has 2 aromatic carbocycles. The number of hydrogen-bond acceptors (Lipinski definition) is 8. The minimum absolute atomic E-state index is 0.212. The van der Waals surface area contributed by atoms with Gasteiger partial charge in [0.05, 0.1) is 18.7 Å². The smallest absolute Gasteiger partial charge is 0.268 e. The second-order valence-corrected chi connectivity index (χ2v) is 8.13. The highest BCUT2D eigenvalue weighted by Gasteiger charge is 2.25. The van der Waals surface area contributed by atoms with Gasteiger partial charge in [-0.3, -0.25) is 24.4 Å². The molecular formula is C24H32N6O6. The van der Waals surface area contributed by atoms with Gasteiger partial charge in [0, 0.05) is 11.3 Å². The van der Waals surface area contributed by atoms with Crippen LogP contribution < -0.4 is 32.9 Å². The summed E-state index contributed by atoms with van der Waals surface area (Å²) in [5.74, 6) is -2.34. The minimum atomic E-state index is -1.31. The first-order valence-corrected chi connectivity index (χ1v) is 11.3. The van der Waals surface area contributed by atoms with Crippen LogP contribution in [0.1, 0.15) is 30.1 Å². The van der Waals surface area contributed by atoms with Gasteiger partial charge in [-0.15, -0.1) is 0 Å². The second-order valence-electron chi connectivity index (χ2n) is 8.13. The molecule has 2 rings (SSSR count). The maximum atomic E-state index is 12.4. The van der Waals surface area contributed by atoms with Crippen molar-refractivity contribution in [2.24, 2.45) is 11.5 Å². The van der Waals surface area contributed by atoms with Gasteiger partial charge in [0.15, 0.2) is 0 Å². The summed E-state index contributed by atoms with van der Waals surface area (Å²) in [4.78, 5) is 48.0. The monoisotopic (exact) mass is 500 g/mol. The predicted molar refractivity (Wildman–Crippen MR) is 133 cm³/mol. The fourth-order valence-corrected chi connectivity index (χ4v) is 3.23. The zero-order valence-electron chi connectivity index (χ0n) is 19.9. The summed E-state index contributed by atoms with van der Waals surface area (Å²) < 4.78 is 0. The summed E-state index contributed by atoms with van der Waals surface area (Å²) in [6.07, 6.45) is -0.148. The summed E-state index contributed by atoms with van der Waals surface area (Å²) in [6, 6.07) is 11.4. The molecule has 0 unspecified atom stereocenters. The molecule has 0 aromatic heterocycles. The van der Waals surface area contributed by atoms with Gasteiger partial charge >= 0.3 is 0 Å². The highest BCUT2D eigenvalue weighted by molar-refractivity contribution is 5.98. The minimum Gasteiger partial charge on any atom is -0.391 e. The summed E-state index contributed by atoms with van der Waals surface area (Å²) >= 11 is 0. The Labute approximate surface area is 208 Å². The number of amides is 4. The first-order valence-electron chi connectivity index (χ1n) is 11.3. The number of carbonyl (C=O) groups is 4. The van der Waals surface area contributed by atoms with Gasteiger partial charge in [-0.05, 0) is 61.7 Å². The number of hydroxylamine groups is 1. The Morgan fingerprint density at radius 1 is 0.944 bits per heavy atom. The van der Waals surface area contributed by atoms with E-state index < -0.39 is 41.8 Å². The highest BCUT2D eigenvalue weighted by atomic mass is 16.5. The van der Waals surface area contributed by atoms with Crippen LogP contribution >= 0.6 is 0 Å². The van der Waals surface area contributed by atoms with Crippen molar-refractivity contribution in [1.29, 1.82) is 0 Å². The molecule has 0 aliphatic heterocycles. The van der Waals surface area contributed by atoms with Gasteiger partial charge < -0.3 is 32.5 Å². The maximum absolute atomic E-state index is 12.4. The van der Waals surface area contributed by atoms with E-state index in [9.17, 15) is 24.3 Å².